The quantitative estimate of drug-likeness (QED) is 0.644. The van der Waals surface area contributed by atoms with Gasteiger partial charge in [-0.15, -0.1) is 0 Å². The van der Waals surface area contributed by atoms with Crippen LogP contribution >= 0.6 is 0 Å². The molecule has 0 aromatic carbocycles. The molecule has 0 bridgehead atoms. The van der Waals surface area contributed by atoms with E-state index in [1.807, 2.05) is 0 Å². The van der Waals surface area contributed by atoms with Crippen LogP contribution in [0.2, 0.25) is 0 Å². The lowest BCUT2D eigenvalue weighted by atomic mass is 10.1. The molecule has 8 nitrogen and oxygen atoms in total. The summed E-state index contributed by atoms with van der Waals surface area (Å²) in [7, 11) is 1.72. The van der Waals surface area contributed by atoms with Gasteiger partial charge in [0.2, 0.25) is 11.8 Å². The number of nitrogens with zero attached hydrogens (tertiary/aromatic N) is 6. The number of anilines is 3. The first-order valence-electron chi connectivity index (χ1n) is 10.1. The number of halogens is 3. The molecule has 166 valence electrons. The average molecular weight is 435 g/mol. The SMILES string of the molecule is COC1CCN(c2nccc(Nc3cc4c(cn3)nc(C(F)(F)F)n4C(C)C)n2)CC1. The van der Waals surface area contributed by atoms with Crippen molar-refractivity contribution in [2.45, 2.75) is 45.0 Å². The molecule has 0 spiro atoms. The first kappa shape index (κ1) is 21.3. The summed E-state index contributed by atoms with van der Waals surface area (Å²) >= 11 is 0. The van der Waals surface area contributed by atoms with E-state index in [0.29, 0.717) is 23.1 Å². The maximum absolute atomic E-state index is 13.4. The van der Waals surface area contributed by atoms with Crippen LogP contribution in [0.15, 0.2) is 24.5 Å². The number of rotatable bonds is 5. The normalized spacial score (nSPS) is 15.8. The maximum atomic E-state index is 13.4. The van der Waals surface area contributed by atoms with Gasteiger partial charge < -0.3 is 19.5 Å². The Hall–Kier alpha value is -2.95. The Morgan fingerprint density at radius 1 is 1.13 bits per heavy atom. The Kier molecular flexibility index (Phi) is 5.69. The van der Waals surface area contributed by atoms with Gasteiger partial charge in [0.15, 0.2) is 0 Å². The van der Waals surface area contributed by atoms with Crippen LogP contribution in [-0.4, -0.2) is 50.8 Å². The average Bonchev–Trinajstić information content (AvgIpc) is 3.14. The maximum Gasteiger partial charge on any atom is 0.449 e. The van der Waals surface area contributed by atoms with Crippen LogP contribution in [0.25, 0.3) is 11.0 Å². The van der Waals surface area contributed by atoms with Crippen molar-refractivity contribution in [2.24, 2.45) is 0 Å². The molecule has 1 aliphatic rings. The summed E-state index contributed by atoms with van der Waals surface area (Å²) in [4.78, 5) is 18.9. The van der Waals surface area contributed by atoms with E-state index in [4.69, 9.17) is 4.74 Å². The molecular formula is C20H24F3N7O. The molecule has 4 heterocycles. The molecule has 3 aromatic heterocycles. The molecule has 1 N–H and O–H groups in total. The lowest BCUT2D eigenvalue weighted by Gasteiger charge is -2.31. The second-order valence-electron chi connectivity index (χ2n) is 7.74. The van der Waals surface area contributed by atoms with E-state index in [-0.39, 0.29) is 11.6 Å². The number of hydrogen-bond acceptors (Lipinski definition) is 7. The molecule has 1 fully saturated rings. The fourth-order valence-electron chi connectivity index (χ4n) is 3.78. The highest BCUT2D eigenvalue weighted by Crippen LogP contribution is 2.34. The van der Waals surface area contributed by atoms with Gasteiger partial charge in [0.25, 0.3) is 0 Å². The van der Waals surface area contributed by atoms with E-state index in [1.54, 1.807) is 39.3 Å². The van der Waals surface area contributed by atoms with Crippen molar-refractivity contribution in [3.05, 3.63) is 30.4 Å². The second kappa shape index (κ2) is 8.29. The summed E-state index contributed by atoms with van der Waals surface area (Å²) in [6.45, 7) is 4.96. The number of hydrogen-bond donors (Lipinski definition) is 1. The van der Waals surface area contributed by atoms with E-state index in [0.717, 1.165) is 25.9 Å². The molecule has 0 amide bonds. The summed E-state index contributed by atoms with van der Waals surface area (Å²) in [6.07, 6.45) is 0.484. The van der Waals surface area contributed by atoms with E-state index >= 15 is 0 Å². The summed E-state index contributed by atoms with van der Waals surface area (Å²) in [5.41, 5.74) is 0.548. The predicted octanol–water partition coefficient (Wildman–Crippen LogP) is 4.18. The zero-order chi connectivity index (χ0) is 22.2. The molecule has 0 atom stereocenters. The molecule has 31 heavy (non-hydrogen) atoms. The third kappa shape index (κ3) is 4.41. The zero-order valence-electron chi connectivity index (χ0n) is 17.5. The monoisotopic (exact) mass is 435 g/mol. The number of piperidine rings is 1. The van der Waals surface area contributed by atoms with Gasteiger partial charge in [-0.25, -0.2) is 15.0 Å². The third-order valence-corrected chi connectivity index (χ3v) is 5.30. The molecular weight excluding hydrogens is 411 g/mol. The molecule has 0 saturated carbocycles. The topological polar surface area (TPSA) is 81.0 Å². The molecule has 11 heteroatoms. The molecule has 0 radical (unpaired) electrons. The predicted molar refractivity (Wildman–Crippen MR) is 110 cm³/mol. The number of pyridine rings is 1. The Bertz CT molecular complexity index is 1060. The van der Waals surface area contributed by atoms with Gasteiger partial charge >= 0.3 is 6.18 Å². The van der Waals surface area contributed by atoms with Crippen LogP contribution in [0.5, 0.6) is 0 Å². The van der Waals surface area contributed by atoms with Gasteiger partial charge in [-0.1, -0.05) is 0 Å². The molecule has 3 aromatic rings. The van der Waals surface area contributed by atoms with Crippen LogP contribution in [0.4, 0.5) is 30.8 Å². The van der Waals surface area contributed by atoms with Gasteiger partial charge in [-0.3, -0.25) is 0 Å². The van der Waals surface area contributed by atoms with Crippen molar-refractivity contribution in [3.8, 4) is 0 Å². The fraction of sp³-hybridized carbons (Fsp3) is 0.500. The summed E-state index contributed by atoms with van der Waals surface area (Å²) in [5.74, 6) is 0.551. The van der Waals surface area contributed by atoms with Crippen molar-refractivity contribution in [2.75, 3.05) is 30.4 Å². The van der Waals surface area contributed by atoms with E-state index in [1.165, 1.54) is 10.8 Å². The van der Waals surface area contributed by atoms with Gasteiger partial charge in [0.05, 0.1) is 17.8 Å². The minimum atomic E-state index is -4.55. The smallest absolute Gasteiger partial charge is 0.381 e. The fourth-order valence-corrected chi connectivity index (χ4v) is 3.78. The lowest BCUT2D eigenvalue weighted by Crippen LogP contribution is -2.37. The number of imidazole rings is 1. The number of fused-ring (bicyclic) bond motifs is 1. The van der Waals surface area contributed by atoms with Crippen molar-refractivity contribution >= 4 is 28.6 Å². The Morgan fingerprint density at radius 3 is 2.52 bits per heavy atom. The number of aromatic nitrogens is 5. The Labute approximate surface area is 177 Å². The summed E-state index contributed by atoms with van der Waals surface area (Å²) in [5, 5.41) is 3.07. The van der Waals surface area contributed by atoms with Crippen LogP contribution in [0.3, 0.4) is 0 Å². The van der Waals surface area contributed by atoms with Crippen LogP contribution in [0.1, 0.15) is 38.6 Å². The highest BCUT2D eigenvalue weighted by Gasteiger charge is 2.38. The van der Waals surface area contributed by atoms with E-state index < -0.39 is 18.0 Å². The van der Waals surface area contributed by atoms with Crippen molar-refractivity contribution < 1.29 is 17.9 Å². The van der Waals surface area contributed by atoms with Crippen molar-refractivity contribution in [1.82, 2.24) is 24.5 Å². The number of methoxy groups -OCH3 is 1. The molecule has 1 saturated heterocycles. The molecule has 1 aliphatic heterocycles. The van der Waals surface area contributed by atoms with Crippen LogP contribution in [-0.2, 0) is 10.9 Å². The molecule has 4 rings (SSSR count). The summed E-state index contributed by atoms with van der Waals surface area (Å²) < 4.78 is 46.8. The lowest BCUT2D eigenvalue weighted by molar-refractivity contribution is -0.147. The molecule has 0 unspecified atom stereocenters. The Morgan fingerprint density at radius 2 is 1.87 bits per heavy atom. The Balaban J connectivity index is 1.60. The minimum absolute atomic E-state index is 0.191. The first-order valence-corrected chi connectivity index (χ1v) is 10.1. The number of ether oxygens (including phenoxy) is 1. The highest BCUT2D eigenvalue weighted by atomic mass is 19.4. The van der Waals surface area contributed by atoms with Crippen LogP contribution in [0, 0.1) is 0 Å². The third-order valence-electron chi connectivity index (χ3n) is 5.30. The van der Waals surface area contributed by atoms with Gasteiger partial charge in [-0.2, -0.15) is 18.2 Å². The van der Waals surface area contributed by atoms with E-state index in [2.05, 4.69) is 30.2 Å². The van der Waals surface area contributed by atoms with Gasteiger partial charge in [0.1, 0.15) is 17.2 Å². The van der Waals surface area contributed by atoms with Crippen molar-refractivity contribution in [3.63, 3.8) is 0 Å². The standard InChI is InChI=1S/C20H24F3N7O/c1-12(2)30-15-10-17(25-11-14(15)26-18(30)20(21,22)23)27-16-4-7-24-19(28-16)29-8-5-13(31-3)6-9-29/h4,7,10-13H,5-6,8-9H2,1-3H3,(H,24,25,27,28). The zero-order valence-corrected chi connectivity index (χ0v) is 17.5. The van der Waals surface area contributed by atoms with Crippen molar-refractivity contribution in [1.29, 1.82) is 0 Å². The first-order chi connectivity index (χ1) is 14.8. The van der Waals surface area contributed by atoms with E-state index in [9.17, 15) is 13.2 Å². The minimum Gasteiger partial charge on any atom is -0.381 e. The summed E-state index contributed by atoms with van der Waals surface area (Å²) in [6, 6.07) is 2.83. The second-order valence-corrected chi connectivity index (χ2v) is 7.74. The number of nitrogens with one attached hydrogen (secondary N) is 1. The van der Waals surface area contributed by atoms with Gasteiger partial charge in [-0.05, 0) is 32.8 Å². The van der Waals surface area contributed by atoms with Gasteiger partial charge in [0, 0.05) is 38.5 Å². The highest BCUT2D eigenvalue weighted by molar-refractivity contribution is 5.79. The molecule has 0 aliphatic carbocycles. The largest absolute Gasteiger partial charge is 0.449 e. The number of alkyl halides is 3. The van der Waals surface area contributed by atoms with Crippen LogP contribution < -0.4 is 10.2 Å².